The molecule has 0 bridgehead atoms. The van der Waals surface area contributed by atoms with Gasteiger partial charge in [0.1, 0.15) is 5.75 Å². The standard InChI is InChI=1S/C20H25NO.ClH/c1-22-20-13-7-6-12-18(20)19(21-14-8-3-9-15-21)16-17-10-4-2-5-11-17;/h2,4-7,10-13,19H,3,8-9,14-16H2,1H3;1H. The van der Waals surface area contributed by atoms with Crippen molar-refractivity contribution >= 4 is 12.4 Å². The Labute approximate surface area is 145 Å². The molecule has 1 unspecified atom stereocenters. The van der Waals surface area contributed by atoms with E-state index in [9.17, 15) is 0 Å². The number of methoxy groups -OCH3 is 1. The predicted octanol–water partition coefficient (Wildman–Crippen LogP) is 4.89. The molecule has 2 aromatic rings. The normalized spacial score (nSPS) is 16.4. The molecule has 1 saturated heterocycles. The lowest BCUT2D eigenvalue weighted by Gasteiger charge is -2.35. The molecule has 1 aliphatic heterocycles. The molecular formula is C20H26ClNO. The van der Waals surface area contributed by atoms with Crippen molar-refractivity contribution in [3.8, 4) is 5.75 Å². The smallest absolute Gasteiger partial charge is 0.123 e. The van der Waals surface area contributed by atoms with Crippen molar-refractivity contribution in [2.75, 3.05) is 20.2 Å². The number of piperidine rings is 1. The Morgan fingerprint density at radius 3 is 2.26 bits per heavy atom. The lowest BCUT2D eigenvalue weighted by atomic mass is 9.94. The summed E-state index contributed by atoms with van der Waals surface area (Å²) in [4.78, 5) is 2.63. The summed E-state index contributed by atoms with van der Waals surface area (Å²) in [5.74, 6) is 1.01. The van der Waals surface area contributed by atoms with Gasteiger partial charge in [0.2, 0.25) is 0 Å². The molecule has 2 aromatic carbocycles. The molecule has 2 nitrogen and oxygen atoms in total. The van der Waals surface area contributed by atoms with E-state index in [1.165, 1.54) is 43.5 Å². The number of nitrogens with zero attached hydrogens (tertiary/aromatic N) is 1. The molecule has 1 aliphatic rings. The Hall–Kier alpha value is -1.51. The summed E-state index contributed by atoms with van der Waals surface area (Å²) >= 11 is 0. The fourth-order valence-electron chi connectivity index (χ4n) is 3.44. The molecule has 0 aromatic heterocycles. The number of para-hydroxylation sites is 1. The van der Waals surface area contributed by atoms with Crippen LogP contribution < -0.4 is 4.74 Å². The van der Waals surface area contributed by atoms with Gasteiger partial charge in [0.15, 0.2) is 0 Å². The van der Waals surface area contributed by atoms with E-state index in [-0.39, 0.29) is 12.4 Å². The van der Waals surface area contributed by atoms with E-state index >= 15 is 0 Å². The third-order valence-corrected chi connectivity index (χ3v) is 4.60. The minimum Gasteiger partial charge on any atom is -0.496 e. The van der Waals surface area contributed by atoms with Gasteiger partial charge >= 0.3 is 0 Å². The average molecular weight is 332 g/mol. The van der Waals surface area contributed by atoms with Crippen LogP contribution >= 0.6 is 12.4 Å². The second kappa shape index (κ2) is 8.95. The van der Waals surface area contributed by atoms with Crippen LogP contribution in [0.1, 0.15) is 36.4 Å². The van der Waals surface area contributed by atoms with Crippen LogP contribution in [0.5, 0.6) is 5.75 Å². The van der Waals surface area contributed by atoms with Gasteiger partial charge in [-0.15, -0.1) is 12.4 Å². The second-order valence-electron chi connectivity index (χ2n) is 6.04. The predicted molar refractivity (Wildman–Crippen MR) is 98.6 cm³/mol. The van der Waals surface area contributed by atoms with Gasteiger partial charge in [-0.3, -0.25) is 4.90 Å². The van der Waals surface area contributed by atoms with E-state index in [4.69, 9.17) is 4.74 Å². The quantitative estimate of drug-likeness (QED) is 0.773. The fraction of sp³-hybridized carbons (Fsp3) is 0.400. The van der Waals surface area contributed by atoms with Crippen molar-refractivity contribution in [2.24, 2.45) is 0 Å². The SMILES string of the molecule is COc1ccccc1C(Cc1ccccc1)N1CCCCC1.Cl. The molecule has 3 rings (SSSR count). The van der Waals surface area contributed by atoms with E-state index in [0.29, 0.717) is 6.04 Å². The largest absolute Gasteiger partial charge is 0.496 e. The highest BCUT2D eigenvalue weighted by atomic mass is 35.5. The highest BCUT2D eigenvalue weighted by Gasteiger charge is 2.24. The fourth-order valence-corrected chi connectivity index (χ4v) is 3.44. The van der Waals surface area contributed by atoms with Crippen molar-refractivity contribution in [3.63, 3.8) is 0 Å². The number of hydrogen-bond donors (Lipinski definition) is 0. The lowest BCUT2D eigenvalue weighted by Crippen LogP contribution is -2.35. The highest BCUT2D eigenvalue weighted by Crippen LogP contribution is 2.33. The zero-order chi connectivity index (χ0) is 15.2. The Morgan fingerprint density at radius 2 is 1.57 bits per heavy atom. The van der Waals surface area contributed by atoms with Crippen molar-refractivity contribution in [2.45, 2.75) is 31.7 Å². The molecule has 0 N–H and O–H groups in total. The van der Waals surface area contributed by atoms with Crippen LogP contribution in [-0.4, -0.2) is 25.1 Å². The number of halogens is 1. The number of rotatable bonds is 5. The molecule has 0 amide bonds. The molecule has 0 spiro atoms. The Morgan fingerprint density at radius 1 is 0.913 bits per heavy atom. The molecule has 0 saturated carbocycles. The lowest BCUT2D eigenvalue weighted by molar-refractivity contribution is 0.159. The van der Waals surface area contributed by atoms with Crippen molar-refractivity contribution < 1.29 is 4.74 Å². The van der Waals surface area contributed by atoms with Crippen molar-refractivity contribution in [1.82, 2.24) is 4.90 Å². The van der Waals surface area contributed by atoms with E-state index in [1.54, 1.807) is 7.11 Å². The zero-order valence-electron chi connectivity index (χ0n) is 13.8. The van der Waals surface area contributed by atoms with E-state index in [1.807, 2.05) is 0 Å². The first-order valence-corrected chi connectivity index (χ1v) is 8.29. The Balaban J connectivity index is 0.00000192. The molecule has 3 heteroatoms. The molecule has 1 atom stereocenters. The van der Waals surface area contributed by atoms with E-state index in [2.05, 4.69) is 59.5 Å². The maximum atomic E-state index is 5.63. The Bertz CT molecular complexity index is 581. The molecule has 1 heterocycles. The minimum absolute atomic E-state index is 0. The third kappa shape index (κ3) is 4.49. The van der Waals surface area contributed by atoms with Gasteiger partial charge in [-0.2, -0.15) is 0 Å². The number of benzene rings is 2. The number of ether oxygens (including phenoxy) is 1. The summed E-state index contributed by atoms with van der Waals surface area (Å²) in [5, 5.41) is 0. The maximum absolute atomic E-state index is 5.63. The van der Waals surface area contributed by atoms with Gasteiger partial charge in [-0.05, 0) is 44.0 Å². The van der Waals surface area contributed by atoms with Gasteiger partial charge in [0.05, 0.1) is 7.11 Å². The van der Waals surface area contributed by atoms with Gasteiger partial charge in [-0.1, -0.05) is 55.0 Å². The van der Waals surface area contributed by atoms with Gasteiger partial charge in [0.25, 0.3) is 0 Å². The van der Waals surface area contributed by atoms with Crippen LogP contribution in [0.3, 0.4) is 0 Å². The zero-order valence-corrected chi connectivity index (χ0v) is 14.6. The second-order valence-corrected chi connectivity index (χ2v) is 6.04. The van der Waals surface area contributed by atoms with Crippen LogP contribution in [-0.2, 0) is 6.42 Å². The van der Waals surface area contributed by atoms with Crippen LogP contribution in [0.25, 0.3) is 0 Å². The van der Waals surface area contributed by atoms with E-state index in [0.717, 1.165) is 12.2 Å². The molecule has 1 fully saturated rings. The maximum Gasteiger partial charge on any atom is 0.123 e. The Kier molecular flexibility index (Phi) is 6.94. The molecule has 0 aliphatic carbocycles. The molecule has 0 radical (unpaired) electrons. The summed E-state index contributed by atoms with van der Waals surface area (Å²) < 4.78 is 5.63. The summed E-state index contributed by atoms with van der Waals surface area (Å²) in [6.07, 6.45) is 5.02. The third-order valence-electron chi connectivity index (χ3n) is 4.60. The first-order chi connectivity index (χ1) is 10.9. The topological polar surface area (TPSA) is 12.5 Å². The number of likely N-dealkylation sites (tertiary alicyclic amines) is 1. The van der Waals surface area contributed by atoms with Crippen molar-refractivity contribution in [3.05, 3.63) is 65.7 Å². The van der Waals surface area contributed by atoms with Crippen LogP contribution in [0.2, 0.25) is 0 Å². The first-order valence-electron chi connectivity index (χ1n) is 8.29. The van der Waals surface area contributed by atoms with Gasteiger partial charge < -0.3 is 4.74 Å². The van der Waals surface area contributed by atoms with Crippen LogP contribution in [0.15, 0.2) is 54.6 Å². The first kappa shape index (κ1) is 17.8. The van der Waals surface area contributed by atoms with E-state index < -0.39 is 0 Å². The molecule has 23 heavy (non-hydrogen) atoms. The van der Waals surface area contributed by atoms with Gasteiger partial charge in [0, 0.05) is 11.6 Å². The minimum atomic E-state index is 0. The summed E-state index contributed by atoms with van der Waals surface area (Å²) in [7, 11) is 1.77. The summed E-state index contributed by atoms with van der Waals surface area (Å²) in [5.41, 5.74) is 2.71. The summed E-state index contributed by atoms with van der Waals surface area (Å²) in [6.45, 7) is 2.38. The number of hydrogen-bond acceptors (Lipinski definition) is 2. The highest BCUT2D eigenvalue weighted by molar-refractivity contribution is 5.85. The summed E-state index contributed by atoms with van der Waals surface area (Å²) in [6, 6.07) is 19.7. The molecular weight excluding hydrogens is 306 g/mol. The average Bonchev–Trinajstić information content (AvgIpc) is 2.61. The molecule has 124 valence electrons. The monoisotopic (exact) mass is 331 g/mol. The van der Waals surface area contributed by atoms with Gasteiger partial charge in [-0.25, -0.2) is 0 Å². The van der Waals surface area contributed by atoms with Crippen LogP contribution in [0.4, 0.5) is 0 Å². The van der Waals surface area contributed by atoms with Crippen LogP contribution in [0, 0.1) is 0 Å². The van der Waals surface area contributed by atoms with Crippen molar-refractivity contribution in [1.29, 1.82) is 0 Å².